The summed E-state index contributed by atoms with van der Waals surface area (Å²) in [5.41, 5.74) is 5.93. The summed E-state index contributed by atoms with van der Waals surface area (Å²) >= 11 is 1.84. The lowest BCUT2D eigenvalue weighted by atomic mass is 10.2. The van der Waals surface area contributed by atoms with E-state index in [2.05, 4.69) is 11.6 Å². The molecule has 0 bridgehead atoms. The van der Waals surface area contributed by atoms with E-state index in [0.717, 1.165) is 18.9 Å². The smallest absolute Gasteiger partial charge is 0.183 e. The summed E-state index contributed by atoms with van der Waals surface area (Å²) < 4.78 is 26.4. The predicted molar refractivity (Wildman–Crippen MR) is 76.1 cm³/mol. The Morgan fingerprint density at radius 2 is 1.89 bits per heavy atom. The van der Waals surface area contributed by atoms with Crippen molar-refractivity contribution in [1.29, 1.82) is 0 Å². The van der Waals surface area contributed by atoms with Gasteiger partial charge >= 0.3 is 0 Å². The quantitative estimate of drug-likeness (QED) is 0.558. The number of nitrogens with two attached hydrogens (primary N) is 1. The van der Waals surface area contributed by atoms with Gasteiger partial charge in [0.25, 0.3) is 0 Å². The zero-order valence-electron chi connectivity index (χ0n) is 10.6. The Labute approximate surface area is 111 Å². The second-order valence-corrected chi connectivity index (χ2v) is 5.14. The van der Waals surface area contributed by atoms with Crippen molar-refractivity contribution >= 4 is 23.1 Å². The van der Waals surface area contributed by atoms with Crippen molar-refractivity contribution in [3.63, 3.8) is 0 Å². The van der Waals surface area contributed by atoms with E-state index in [1.54, 1.807) is 0 Å². The van der Waals surface area contributed by atoms with Crippen LogP contribution in [0.4, 0.5) is 20.2 Å². The highest BCUT2D eigenvalue weighted by Crippen LogP contribution is 2.24. The molecule has 18 heavy (non-hydrogen) atoms. The van der Waals surface area contributed by atoms with Crippen molar-refractivity contribution in [2.45, 2.75) is 25.7 Å². The fraction of sp³-hybridized carbons (Fsp3) is 0.538. The SMILES string of the molecule is CSCCCCCCNc1c(N)ccc(F)c1F. The van der Waals surface area contributed by atoms with Crippen LogP contribution < -0.4 is 11.1 Å². The second-order valence-electron chi connectivity index (χ2n) is 4.16. The number of benzene rings is 1. The second kappa shape index (κ2) is 8.19. The van der Waals surface area contributed by atoms with Crippen LogP contribution in [0.5, 0.6) is 0 Å². The van der Waals surface area contributed by atoms with Crippen LogP contribution in [0.1, 0.15) is 25.7 Å². The molecule has 0 saturated carbocycles. The average molecular weight is 274 g/mol. The first-order chi connectivity index (χ1) is 8.66. The molecule has 0 fully saturated rings. The van der Waals surface area contributed by atoms with Gasteiger partial charge in [-0.3, -0.25) is 0 Å². The van der Waals surface area contributed by atoms with Gasteiger partial charge in [-0.05, 0) is 37.0 Å². The Morgan fingerprint density at radius 3 is 2.61 bits per heavy atom. The number of nitrogens with one attached hydrogen (secondary N) is 1. The van der Waals surface area contributed by atoms with Crippen LogP contribution in [0.15, 0.2) is 12.1 Å². The minimum Gasteiger partial charge on any atom is -0.397 e. The lowest BCUT2D eigenvalue weighted by Gasteiger charge is -2.10. The van der Waals surface area contributed by atoms with Gasteiger partial charge in [0.1, 0.15) is 0 Å². The van der Waals surface area contributed by atoms with Gasteiger partial charge in [-0.1, -0.05) is 12.8 Å². The number of hydrogen-bond donors (Lipinski definition) is 2. The highest BCUT2D eigenvalue weighted by atomic mass is 32.2. The molecule has 0 unspecified atom stereocenters. The first-order valence-corrected chi connectivity index (χ1v) is 7.52. The molecule has 0 aromatic heterocycles. The highest BCUT2D eigenvalue weighted by molar-refractivity contribution is 7.98. The molecule has 0 radical (unpaired) electrons. The van der Waals surface area contributed by atoms with Crippen LogP contribution in [0.3, 0.4) is 0 Å². The fourth-order valence-corrected chi connectivity index (χ4v) is 2.18. The Morgan fingerprint density at radius 1 is 1.17 bits per heavy atom. The third-order valence-corrected chi connectivity index (χ3v) is 3.40. The van der Waals surface area contributed by atoms with Crippen LogP contribution >= 0.6 is 11.8 Å². The van der Waals surface area contributed by atoms with Gasteiger partial charge in [0, 0.05) is 6.54 Å². The van der Waals surface area contributed by atoms with E-state index < -0.39 is 11.6 Å². The van der Waals surface area contributed by atoms with Gasteiger partial charge in [0.15, 0.2) is 11.6 Å². The standard InChI is InChI=1S/C13H20F2N2S/c1-18-9-5-3-2-4-8-17-13-11(16)7-6-10(14)12(13)15/h6-7,17H,2-5,8-9,16H2,1H3. The monoisotopic (exact) mass is 274 g/mol. The molecule has 0 aliphatic heterocycles. The van der Waals surface area contributed by atoms with Gasteiger partial charge in [0.2, 0.25) is 0 Å². The zero-order chi connectivity index (χ0) is 13.4. The van der Waals surface area contributed by atoms with Crippen molar-refractivity contribution in [3.8, 4) is 0 Å². The molecule has 0 aliphatic carbocycles. The van der Waals surface area contributed by atoms with Crippen molar-refractivity contribution in [2.75, 3.05) is 29.6 Å². The number of anilines is 2. The Kier molecular flexibility index (Phi) is 6.86. The van der Waals surface area contributed by atoms with E-state index in [-0.39, 0.29) is 11.4 Å². The van der Waals surface area contributed by atoms with E-state index in [1.165, 1.54) is 24.7 Å². The van der Waals surface area contributed by atoms with Gasteiger partial charge in [-0.25, -0.2) is 8.78 Å². The third kappa shape index (κ3) is 4.72. The summed E-state index contributed by atoms with van der Waals surface area (Å²) in [5.74, 6) is -0.581. The number of unbranched alkanes of at least 4 members (excludes halogenated alkanes) is 3. The van der Waals surface area contributed by atoms with Gasteiger partial charge in [0.05, 0.1) is 11.4 Å². The molecule has 0 aliphatic rings. The fourth-order valence-electron chi connectivity index (χ4n) is 1.68. The molecule has 0 heterocycles. The number of rotatable bonds is 8. The van der Waals surface area contributed by atoms with Crippen molar-refractivity contribution in [1.82, 2.24) is 0 Å². The maximum atomic E-state index is 13.4. The Bertz CT molecular complexity index is 372. The van der Waals surface area contributed by atoms with E-state index >= 15 is 0 Å². The summed E-state index contributed by atoms with van der Waals surface area (Å²) in [4.78, 5) is 0. The predicted octanol–water partition coefficient (Wildman–Crippen LogP) is 3.88. The van der Waals surface area contributed by atoms with E-state index in [1.807, 2.05) is 11.8 Å². The molecule has 0 saturated heterocycles. The summed E-state index contributed by atoms with van der Waals surface area (Å²) in [5, 5.41) is 2.87. The Balaban J connectivity index is 2.29. The number of nitrogen functional groups attached to an aromatic ring is 1. The molecule has 1 rings (SSSR count). The normalized spacial score (nSPS) is 10.6. The van der Waals surface area contributed by atoms with E-state index in [4.69, 9.17) is 5.73 Å². The molecule has 2 nitrogen and oxygen atoms in total. The minimum absolute atomic E-state index is 0.0825. The molecular weight excluding hydrogens is 254 g/mol. The summed E-state index contributed by atoms with van der Waals surface area (Å²) in [6.07, 6.45) is 6.49. The third-order valence-electron chi connectivity index (χ3n) is 2.70. The molecule has 1 aromatic carbocycles. The van der Waals surface area contributed by atoms with Crippen LogP contribution in [0.2, 0.25) is 0 Å². The number of hydrogen-bond acceptors (Lipinski definition) is 3. The molecule has 3 N–H and O–H groups in total. The summed E-state index contributed by atoms with van der Waals surface area (Å²) in [7, 11) is 0. The topological polar surface area (TPSA) is 38.0 Å². The molecule has 0 amide bonds. The van der Waals surface area contributed by atoms with Gasteiger partial charge < -0.3 is 11.1 Å². The summed E-state index contributed by atoms with van der Waals surface area (Å²) in [6, 6.07) is 2.41. The Hall–Kier alpha value is -0.970. The van der Waals surface area contributed by atoms with E-state index in [0.29, 0.717) is 6.54 Å². The minimum atomic E-state index is -0.891. The van der Waals surface area contributed by atoms with Crippen molar-refractivity contribution in [3.05, 3.63) is 23.8 Å². The molecule has 5 heteroatoms. The molecule has 1 aromatic rings. The average Bonchev–Trinajstić information content (AvgIpc) is 2.36. The van der Waals surface area contributed by atoms with Crippen molar-refractivity contribution < 1.29 is 8.78 Å². The molecular formula is C13H20F2N2S. The van der Waals surface area contributed by atoms with Crippen LogP contribution in [-0.4, -0.2) is 18.6 Å². The van der Waals surface area contributed by atoms with Gasteiger partial charge in [-0.2, -0.15) is 11.8 Å². The first-order valence-electron chi connectivity index (χ1n) is 6.13. The maximum Gasteiger partial charge on any atom is 0.183 e. The number of thioether (sulfide) groups is 1. The largest absolute Gasteiger partial charge is 0.397 e. The van der Waals surface area contributed by atoms with Crippen molar-refractivity contribution in [2.24, 2.45) is 0 Å². The highest BCUT2D eigenvalue weighted by Gasteiger charge is 2.10. The first kappa shape index (κ1) is 15.1. The molecule has 0 spiro atoms. The lowest BCUT2D eigenvalue weighted by Crippen LogP contribution is -2.07. The molecule has 102 valence electrons. The van der Waals surface area contributed by atoms with Crippen LogP contribution in [-0.2, 0) is 0 Å². The van der Waals surface area contributed by atoms with Crippen LogP contribution in [0.25, 0.3) is 0 Å². The van der Waals surface area contributed by atoms with E-state index in [9.17, 15) is 8.78 Å². The number of halogens is 2. The molecule has 0 atom stereocenters. The summed E-state index contributed by atoms with van der Waals surface area (Å²) in [6.45, 7) is 0.615. The lowest BCUT2D eigenvalue weighted by molar-refractivity contribution is 0.511. The maximum absolute atomic E-state index is 13.4. The van der Waals surface area contributed by atoms with Crippen LogP contribution in [0, 0.1) is 11.6 Å². The van der Waals surface area contributed by atoms with Gasteiger partial charge in [-0.15, -0.1) is 0 Å². The zero-order valence-corrected chi connectivity index (χ0v) is 11.5.